The monoisotopic (exact) mass is 371 g/mol. The predicted molar refractivity (Wildman–Crippen MR) is 104 cm³/mol. The summed E-state index contributed by atoms with van der Waals surface area (Å²) in [7, 11) is 1.66. The van der Waals surface area contributed by atoms with Crippen molar-refractivity contribution in [3.63, 3.8) is 0 Å². The first kappa shape index (κ1) is 19.4. The van der Waals surface area contributed by atoms with Crippen molar-refractivity contribution in [1.82, 2.24) is 15.1 Å². The van der Waals surface area contributed by atoms with Crippen LogP contribution in [-0.4, -0.2) is 47.9 Å². The largest absolute Gasteiger partial charge is 0.497 e. The van der Waals surface area contributed by atoms with Crippen molar-refractivity contribution in [2.45, 2.75) is 39.7 Å². The lowest BCUT2D eigenvalue weighted by atomic mass is 9.75. The van der Waals surface area contributed by atoms with E-state index >= 15 is 0 Å². The molecular formula is C21H29N3O3. The Morgan fingerprint density at radius 1 is 1.37 bits per heavy atom. The molecule has 1 saturated heterocycles. The minimum absolute atomic E-state index is 0.101. The number of aromatic amines is 1. The smallest absolute Gasteiger partial charge is 0.313 e. The van der Waals surface area contributed by atoms with Gasteiger partial charge in [-0.1, -0.05) is 12.1 Å². The zero-order valence-corrected chi connectivity index (χ0v) is 16.5. The Hall–Kier alpha value is -2.34. The first-order chi connectivity index (χ1) is 13.0. The second kappa shape index (κ2) is 8.57. The Labute approximate surface area is 160 Å². The number of aromatic nitrogens is 2. The molecule has 1 fully saturated rings. The van der Waals surface area contributed by atoms with Crippen molar-refractivity contribution in [1.29, 1.82) is 0 Å². The average Bonchev–Trinajstić information content (AvgIpc) is 3.07. The zero-order chi connectivity index (χ0) is 19.3. The summed E-state index contributed by atoms with van der Waals surface area (Å²) >= 11 is 0. The number of hydrogen-bond donors (Lipinski definition) is 1. The van der Waals surface area contributed by atoms with Gasteiger partial charge in [-0.25, -0.2) is 0 Å². The molecule has 6 nitrogen and oxygen atoms in total. The van der Waals surface area contributed by atoms with E-state index in [1.165, 1.54) is 0 Å². The van der Waals surface area contributed by atoms with E-state index in [0.29, 0.717) is 19.6 Å². The number of benzene rings is 1. The third-order valence-electron chi connectivity index (χ3n) is 5.19. The van der Waals surface area contributed by atoms with Gasteiger partial charge in [-0.15, -0.1) is 0 Å². The fourth-order valence-corrected chi connectivity index (χ4v) is 3.99. The van der Waals surface area contributed by atoms with Crippen LogP contribution in [0.5, 0.6) is 5.75 Å². The zero-order valence-electron chi connectivity index (χ0n) is 16.5. The molecule has 0 aliphatic carbocycles. The van der Waals surface area contributed by atoms with E-state index in [2.05, 4.69) is 27.2 Å². The van der Waals surface area contributed by atoms with E-state index < -0.39 is 5.41 Å². The Balaban J connectivity index is 1.81. The molecule has 3 rings (SSSR count). The quantitative estimate of drug-likeness (QED) is 0.758. The van der Waals surface area contributed by atoms with Crippen LogP contribution in [0.25, 0.3) is 0 Å². The molecule has 0 saturated carbocycles. The van der Waals surface area contributed by atoms with Crippen molar-refractivity contribution < 1.29 is 14.3 Å². The van der Waals surface area contributed by atoms with Crippen molar-refractivity contribution >= 4 is 5.97 Å². The van der Waals surface area contributed by atoms with Gasteiger partial charge < -0.3 is 9.47 Å². The van der Waals surface area contributed by atoms with E-state index in [9.17, 15) is 4.79 Å². The summed E-state index contributed by atoms with van der Waals surface area (Å²) in [5, 5.41) is 7.34. The lowest BCUT2D eigenvalue weighted by molar-refractivity contribution is -0.159. The molecule has 1 atom stereocenters. The molecule has 0 spiro atoms. The first-order valence-corrected chi connectivity index (χ1v) is 9.58. The molecule has 1 aliphatic rings. The lowest BCUT2D eigenvalue weighted by Gasteiger charge is -2.41. The Kier molecular flexibility index (Phi) is 6.16. The van der Waals surface area contributed by atoms with Crippen molar-refractivity contribution in [2.75, 3.05) is 26.8 Å². The SMILES string of the molecule is CCOC(=O)C1(Cc2cccc(OC)c2)CCCN(Cc2cc(C)[nH]n2)C1. The molecule has 1 aliphatic heterocycles. The fourth-order valence-electron chi connectivity index (χ4n) is 3.99. The average molecular weight is 371 g/mol. The topological polar surface area (TPSA) is 67.5 Å². The third kappa shape index (κ3) is 4.69. The molecule has 146 valence electrons. The highest BCUT2D eigenvalue weighted by Gasteiger charge is 2.43. The highest BCUT2D eigenvalue weighted by atomic mass is 16.5. The van der Waals surface area contributed by atoms with Crippen LogP contribution in [0, 0.1) is 12.3 Å². The number of rotatable bonds is 7. The number of nitrogens with zero attached hydrogens (tertiary/aromatic N) is 2. The maximum atomic E-state index is 13.0. The van der Waals surface area contributed by atoms with E-state index in [1.807, 2.05) is 32.0 Å². The van der Waals surface area contributed by atoms with Crippen LogP contribution in [0.4, 0.5) is 0 Å². The molecule has 6 heteroatoms. The summed E-state index contributed by atoms with van der Waals surface area (Å²) in [5.74, 6) is 0.710. The van der Waals surface area contributed by atoms with E-state index in [1.54, 1.807) is 7.11 Å². The van der Waals surface area contributed by atoms with Gasteiger partial charge in [0.15, 0.2) is 0 Å². The molecule has 1 aromatic carbocycles. The highest BCUT2D eigenvalue weighted by molar-refractivity contribution is 5.78. The number of likely N-dealkylation sites (tertiary alicyclic amines) is 1. The standard InChI is InChI=1S/C21H29N3O3/c1-4-27-20(25)21(13-17-7-5-8-19(12-17)26-3)9-6-10-24(15-21)14-18-11-16(2)22-23-18/h5,7-8,11-12H,4,6,9-10,13-15H2,1-3H3,(H,22,23). The van der Waals surface area contributed by atoms with Crippen LogP contribution in [0.2, 0.25) is 0 Å². The van der Waals surface area contributed by atoms with E-state index in [-0.39, 0.29) is 5.97 Å². The molecule has 0 radical (unpaired) electrons. The number of nitrogens with one attached hydrogen (secondary N) is 1. The second-order valence-corrected chi connectivity index (χ2v) is 7.39. The number of ether oxygens (including phenoxy) is 2. The van der Waals surface area contributed by atoms with Crippen LogP contribution in [0.1, 0.15) is 36.7 Å². The number of H-pyrrole nitrogens is 1. The summed E-state index contributed by atoms with van der Waals surface area (Å²) in [5.41, 5.74) is 2.62. The minimum atomic E-state index is -0.536. The maximum absolute atomic E-state index is 13.0. The number of methoxy groups -OCH3 is 1. The Morgan fingerprint density at radius 2 is 2.22 bits per heavy atom. The number of aryl methyl sites for hydroxylation is 1. The minimum Gasteiger partial charge on any atom is -0.497 e. The van der Waals surface area contributed by atoms with Crippen molar-refractivity contribution in [3.05, 3.63) is 47.3 Å². The molecule has 0 amide bonds. The van der Waals surface area contributed by atoms with Crippen LogP contribution < -0.4 is 4.74 Å². The first-order valence-electron chi connectivity index (χ1n) is 9.58. The van der Waals surface area contributed by atoms with Gasteiger partial charge in [0, 0.05) is 18.8 Å². The summed E-state index contributed by atoms with van der Waals surface area (Å²) in [6.07, 6.45) is 2.45. The molecule has 0 bridgehead atoms. The summed E-state index contributed by atoms with van der Waals surface area (Å²) in [4.78, 5) is 15.3. The summed E-state index contributed by atoms with van der Waals surface area (Å²) < 4.78 is 10.8. The van der Waals surface area contributed by atoms with Crippen LogP contribution in [0.15, 0.2) is 30.3 Å². The van der Waals surface area contributed by atoms with Gasteiger partial charge >= 0.3 is 5.97 Å². The lowest BCUT2D eigenvalue weighted by Crippen LogP contribution is -2.49. The molecular weight excluding hydrogens is 342 g/mol. The van der Waals surface area contributed by atoms with Crippen LogP contribution in [-0.2, 0) is 22.5 Å². The Morgan fingerprint density at radius 3 is 2.93 bits per heavy atom. The van der Waals surface area contributed by atoms with Gasteiger partial charge in [0.2, 0.25) is 0 Å². The highest BCUT2D eigenvalue weighted by Crippen LogP contribution is 2.36. The number of carbonyl (C=O) groups excluding carboxylic acids is 1. The third-order valence-corrected chi connectivity index (χ3v) is 5.19. The van der Waals surface area contributed by atoms with E-state index in [4.69, 9.17) is 9.47 Å². The molecule has 2 aromatic rings. The number of piperidine rings is 1. The fraction of sp³-hybridized carbons (Fsp3) is 0.524. The normalized spacial score (nSPS) is 20.4. The van der Waals surface area contributed by atoms with Crippen LogP contribution >= 0.6 is 0 Å². The molecule has 2 heterocycles. The van der Waals surface area contributed by atoms with Gasteiger partial charge in [-0.3, -0.25) is 14.8 Å². The van der Waals surface area contributed by atoms with Crippen molar-refractivity contribution in [3.8, 4) is 5.75 Å². The second-order valence-electron chi connectivity index (χ2n) is 7.39. The van der Waals surface area contributed by atoms with Gasteiger partial charge in [-0.05, 0) is 63.4 Å². The molecule has 1 unspecified atom stereocenters. The van der Waals surface area contributed by atoms with Crippen molar-refractivity contribution in [2.24, 2.45) is 5.41 Å². The number of carbonyl (C=O) groups is 1. The van der Waals surface area contributed by atoms with Gasteiger partial charge in [0.1, 0.15) is 5.75 Å². The molecule has 1 N–H and O–H groups in total. The number of esters is 1. The van der Waals surface area contributed by atoms with Crippen LogP contribution in [0.3, 0.4) is 0 Å². The Bertz CT molecular complexity index is 774. The van der Waals surface area contributed by atoms with Gasteiger partial charge in [-0.2, -0.15) is 5.10 Å². The summed E-state index contributed by atoms with van der Waals surface area (Å²) in [6.45, 7) is 6.64. The van der Waals surface area contributed by atoms with E-state index in [0.717, 1.165) is 48.6 Å². The summed E-state index contributed by atoms with van der Waals surface area (Å²) in [6, 6.07) is 10.0. The molecule has 27 heavy (non-hydrogen) atoms. The number of hydrogen-bond acceptors (Lipinski definition) is 5. The van der Waals surface area contributed by atoms with Gasteiger partial charge in [0.25, 0.3) is 0 Å². The maximum Gasteiger partial charge on any atom is 0.313 e. The van der Waals surface area contributed by atoms with Gasteiger partial charge in [0.05, 0.1) is 24.8 Å². The predicted octanol–water partition coefficient (Wildman–Crippen LogP) is 3.11. The molecule has 1 aromatic heterocycles.